The first kappa shape index (κ1) is 20.8. The lowest BCUT2D eigenvalue weighted by Crippen LogP contribution is -2.36. The Morgan fingerprint density at radius 3 is 2.48 bits per heavy atom. The summed E-state index contributed by atoms with van der Waals surface area (Å²) in [7, 11) is 0. The van der Waals surface area contributed by atoms with Gasteiger partial charge in [0.15, 0.2) is 5.78 Å². The van der Waals surface area contributed by atoms with Gasteiger partial charge in [-0.15, -0.1) is 0 Å². The highest BCUT2D eigenvalue weighted by atomic mass is 19.1. The number of amides is 1. The molecule has 2 aromatic carbocycles. The second kappa shape index (κ2) is 10.0. The van der Waals surface area contributed by atoms with E-state index in [9.17, 15) is 14.0 Å². The van der Waals surface area contributed by atoms with Gasteiger partial charge < -0.3 is 19.7 Å². The number of ether oxygens (including phenoxy) is 2. The molecule has 154 valence electrons. The molecule has 29 heavy (non-hydrogen) atoms. The van der Waals surface area contributed by atoms with Crippen molar-refractivity contribution >= 4 is 23.1 Å². The van der Waals surface area contributed by atoms with Crippen molar-refractivity contribution in [2.24, 2.45) is 0 Å². The molecule has 0 bridgehead atoms. The van der Waals surface area contributed by atoms with E-state index in [0.717, 1.165) is 0 Å². The molecule has 7 heteroatoms. The lowest BCUT2D eigenvalue weighted by atomic mass is 10.1. The van der Waals surface area contributed by atoms with Crippen LogP contribution in [0.5, 0.6) is 5.75 Å². The van der Waals surface area contributed by atoms with Gasteiger partial charge in [0.05, 0.1) is 25.5 Å². The van der Waals surface area contributed by atoms with Crippen LogP contribution in [0.3, 0.4) is 0 Å². The Morgan fingerprint density at radius 1 is 1.10 bits per heavy atom. The van der Waals surface area contributed by atoms with E-state index in [1.807, 2.05) is 11.8 Å². The molecule has 0 aromatic heterocycles. The summed E-state index contributed by atoms with van der Waals surface area (Å²) < 4.78 is 25.0. The van der Waals surface area contributed by atoms with Crippen LogP contribution in [0.25, 0.3) is 0 Å². The van der Waals surface area contributed by atoms with Gasteiger partial charge in [0.25, 0.3) is 0 Å². The Labute approximate surface area is 169 Å². The zero-order valence-corrected chi connectivity index (χ0v) is 16.4. The first-order valence-electron chi connectivity index (χ1n) is 9.75. The van der Waals surface area contributed by atoms with E-state index in [4.69, 9.17) is 9.47 Å². The monoisotopic (exact) mass is 400 g/mol. The van der Waals surface area contributed by atoms with Crippen molar-refractivity contribution in [1.29, 1.82) is 0 Å². The molecule has 0 unspecified atom stereocenters. The van der Waals surface area contributed by atoms with E-state index in [0.29, 0.717) is 55.6 Å². The van der Waals surface area contributed by atoms with Crippen molar-refractivity contribution in [3.63, 3.8) is 0 Å². The zero-order valence-electron chi connectivity index (χ0n) is 16.4. The maximum absolute atomic E-state index is 14.4. The third-order valence-corrected chi connectivity index (χ3v) is 4.65. The minimum absolute atomic E-state index is 0.0267. The van der Waals surface area contributed by atoms with Crippen LogP contribution in [0.4, 0.5) is 15.8 Å². The van der Waals surface area contributed by atoms with Gasteiger partial charge in [0.1, 0.15) is 11.6 Å². The van der Waals surface area contributed by atoms with Crippen LogP contribution in [0.15, 0.2) is 42.5 Å². The fourth-order valence-corrected chi connectivity index (χ4v) is 3.14. The highest BCUT2D eigenvalue weighted by Crippen LogP contribution is 2.24. The van der Waals surface area contributed by atoms with Gasteiger partial charge in [-0.2, -0.15) is 0 Å². The molecule has 1 saturated heterocycles. The number of carbonyl (C=O) groups excluding carboxylic acids is 2. The summed E-state index contributed by atoms with van der Waals surface area (Å²) in [5.41, 5.74) is 1.40. The van der Waals surface area contributed by atoms with Crippen LogP contribution >= 0.6 is 0 Å². The molecule has 0 atom stereocenters. The maximum Gasteiger partial charge on any atom is 0.224 e. The summed E-state index contributed by atoms with van der Waals surface area (Å²) in [6.07, 6.45) is 0.104. The van der Waals surface area contributed by atoms with Crippen molar-refractivity contribution in [2.75, 3.05) is 43.1 Å². The number of hydrogen-bond donors (Lipinski definition) is 1. The number of anilines is 2. The molecule has 1 amide bonds. The molecule has 3 rings (SSSR count). The number of hydrogen-bond acceptors (Lipinski definition) is 5. The normalized spacial score (nSPS) is 13.8. The van der Waals surface area contributed by atoms with E-state index in [2.05, 4.69) is 5.32 Å². The van der Waals surface area contributed by atoms with Crippen LogP contribution in [-0.4, -0.2) is 44.6 Å². The summed E-state index contributed by atoms with van der Waals surface area (Å²) in [5.74, 6) is -0.153. The number of Topliss-reactive ketones (excluding diaryl/α,β-unsaturated/α-hetero) is 1. The second-order valence-corrected chi connectivity index (χ2v) is 6.69. The average Bonchev–Trinajstić information content (AvgIpc) is 2.73. The minimum atomic E-state index is -0.393. The number of carbonyl (C=O) groups is 2. The zero-order chi connectivity index (χ0) is 20.6. The van der Waals surface area contributed by atoms with Gasteiger partial charge >= 0.3 is 0 Å². The van der Waals surface area contributed by atoms with Crippen molar-refractivity contribution in [3.05, 3.63) is 53.8 Å². The fraction of sp³-hybridized carbons (Fsp3) is 0.364. The molecule has 1 fully saturated rings. The summed E-state index contributed by atoms with van der Waals surface area (Å²) in [6.45, 7) is 4.86. The van der Waals surface area contributed by atoms with Crippen LogP contribution in [0.1, 0.15) is 30.1 Å². The lowest BCUT2D eigenvalue weighted by molar-refractivity contribution is -0.116. The lowest BCUT2D eigenvalue weighted by Gasteiger charge is -2.29. The number of ketones is 1. The Bertz CT molecular complexity index is 848. The van der Waals surface area contributed by atoms with Gasteiger partial charge in [0.2, 0.25) is 5.91 Å². The molecule has 0 spiro atoms. The molecule has 0 saturated carbocycles. The van der Waals surface area contributed by atoms with Gasteiger partial charge in [-0.3, -0.25) is 9.59 Å². The van der Waals surface area contributed by atoms with E-state index in [-0.39, 0.29) is 24.5 Å². The number of nitrogens with one attached hydrogen (secondary N) is 1. The fourth-order valence-electron chi connectivity index (χ4n) is 3.14. The van der Waals surface area contributed by atoms with Crippen LogP contribution < -0.4 is 15.0 Å². The van der Waals surface area contributed by atoms with Gasteiger partial charge in [-0.05, 0) is 49.4 Å². The number of benzene rings is 2. The minimum Gasteiger partial charge on any atom is -0.494 e. The van der Waals surface area contributed by atoms with Crippen LogP contribution in [-0.2, 0) is 9.53 Å². The van der Waals surface area contributed by atoms with Crippen molar-refractivity contribution < 1.29 is 23.5 Å². The van der Waals surface area contributed by atoms with Crippen molar-refractivity contribution in [1.82, 2.24) is 0 Å². The topological polar surface area (TPSA) is 67.9 Å². The molecular weight excluding hydrogens is 375 g/mol. The Kier molecular flexibility index (Phi) is 7.19. The smallest absolute Gasteiger partial charge is 0.224 e. The first-order valence-corrected chi connectivity index (χ1v) is 9.75. The summed E-state index contributed by atoms with van der Waals surface area (Å²) in [5, 5.41) is 2.65. The highest BCUT2D eigenvalue weighted by Gasteiger charge is 2.16. The number of halogens is 1. The number of morpholine rings is 1. The molecule has 0 aliphatic carbocycles. The van der Waals surface area contributed by atoms with E-state index >= 15 is 0 Å². The van der Waals surface area contributed by atoms with E-state index < -0.39 is 5.82 Å². The largest absolute Gasteiger partial charge is 0.494 e. The molecule has 1 aliphatic rings. The number of rotatable bonds is 8. The molecule has 1 heterocycles. The molecule has 2 aromatic rings. The second-order valence-electron chi connectivity index (χ2n) is 6.69. The Balaban J connectivity index is 1.51. The van der Waals surface area contributed by atoms with Gasteiger partial charge in [-0.25, -0.2) is 4.39 Å². The van der Waals surface area contributed by atoms with Gasteiger partial charge in [-0.1, -0.05) is 0 Å². The first-order chi connectivity index (χ1) is 14.1. The summed E-state index contributed by atoms with van der Waals surface area (Å²) in [6, 6.07) is 11.5. The van der Waals surface area contributed by atoms with E-state index in [1.54, 1.807) is 36.4 Å². The predicted octanol–water partition coefficient (Wildman–Crippen LogP) is 3.66. The third kappa shape index (κ3) is 5.77. The standard InChI is InChI=1S/C22H25FN2O4/c1-2-29-18-6-3-16(4-7-18)21(26)9-10-22(27)24-17-5-8-20(19(23)15-17)25-11-13-28-14-12-25/h3-8,15H,2,9-14H2,1H3,(H,24,27). The SMILES string of the molecule is CCOc1ccc(C(=O)CCC(=O)Nc2ccc(N3CCOCC3)c(F)c2)cc1. The quantitative estimate of drug-likeness (QED) is 0.685. The van der Waals surface area contributed by atoms with Crippen molar-refractivity contribution in [3.8, 4) is 5.75 Å². The highest BCUT2D eigenvalue weighted by molar-refractivity contribution is 6.00. The third-order valence-electron chi connectivity index (χ3n) is 4.65. The summed E-state index contributed by atoms with van der Waals surface area (Å²) >= 11 is 0. The predicted molar refractivity (Wildman–Crippen MR) is 109 cm³/mol. The molecular formula is C22H25FN2O4. The summed E-state index contributed by atoms with van der Waals surface area (Å²) in [4.78, 5) is 26.3. The molecule has 6 nitrogen and oxygen atoms in total. The molecule has 1 aliphatic heterocycles. The Hall–Kier alpha value is -2.93. The van der Waals surface area contributed by atoms with E-state index in [1.165, 1.54) is 6.07 Å². The number of nitrogens with zero attached hydrogens (tertiary/aromatic N) is 1. The van der Waals surface area contributed by atoms with Crippen LogP contribution in [0, 0.1) is 5.82 Å². The average molecular weight is 400 g/mol. The maximum atomic E-state index is 14.4. The van der Waals surface area contributed by atoms with Crippen molar-refractivity contribution in [2.45, 2.75) is 19.8 Å². The van der Waals surface area contributed by atoms with Gasteiger partial charge in [0, 0.05) is 37.2 Å². The Morgan fingerprint density at radius 2 is 1.83 bits per heavy atom. The molecule has 0 radical (unpaired) electrons. The molecule has 1 N–H and O–H groups in total. The van der Waals surface area contributed by atoms with Crippen LogP contribution in [0.2, 0.25) is 0 Å².